The van der Waals surface area contributed by atoms with Gasteiger partial charge in [-0.05, 0) is 52.3 Å². The van der Waals surface area contributed by atoms with Crippen LogP contribution >= 0.6 is 0 Å². The van der Waals surface area contributed by atoms with Gasteiger partial charge in [0.05, 0.1) is 30.5 Å². The average molecular weight is 477 g/mol. The Hall–Kier alpha value is -3.14. The minimum atomic E-state index is -1.46. The van der Waals surface area contributed by atoms with Crippen LogP contribution in [-0.2, 0) is 11.3 Å². The zero-order valence-electron chi connectivity index (χ0n) is 20.2. The second-order valence-electron chi connectivity index (χ2n) is 10.2. The molecule has 2 atom stereocenters. The molecule has 3 N–H and O–H groups in total. The van der Waals surface area contributed by atoms with Crippen LogP contribution in [-0.4, -0.2) is 68.4 Å². The molecule has 1 aliphatic heterocycles. The highest BCUT2D eigenvalue weighted by atomic mass is 19.1. The minimum Gasteiger partial charge on any atom is -0.486 e. The average Bonchev–Trinajstić information content (AvgIpc) is 3.14. The number of aliphatic hydroxyl groups is 1. The lowest BCUT2D eigenvalue weighted by molar-refractivity contribution is -0.0106. The zero-order valence-corrected chi connectivity index (χ0v) is 20.2. The van der Waals surface area contributed by atoms with Gasteiger partial charge in [0, 0.05) is 24.7 Å². The maximum Gasteiger partial charge on any atom is 0.410 e. The summed E-state index contributed by atoms with van der Waals surface area (Å²) < 4.78 is 27.6. The van der Waals surface area contributed by atoms with Gasteiger partial charge < -0.3 is 25.2 Å². The van der Waals surface area contributed by atoms with Gasteiger partial charge in [0.25, 0.3) is 5.91 Å². The molecule has 0 radical (unpaired) electrons. The van der Waals surface area contributed by atoms with Gasteiger partial charge in [-0.25, -0.2) is 9.18 Å². The van der Waals surface area contributed by atoms with Gasteiger partial charge in [-0.1, -0.05) is 6.07 Å². The number of primary amides is 1. The third-order valence-corrected chi connectivity index (χ3v) is 5.17. The highest BCUT2D eigenvalue weighted by molar-refractivity contribution is 5.97. The van der Waals surface area contributed by atoms with Crippen molar-refractivity contribution in [2.75, 3.05) is 13.1 Å². The van der Waals surface area contributed by atoms with E-state index in [1.54, 1.807) is 69.9 Å². The van der Waals surface area contributed by atoms with E-state index in [0.717, 1.165) is 5.56 Å². The van der Waals surface area contributed by atoms with E-state index < -0.39 is 35.5 Å². The van der Waals surface area contributed by atoms with Crippen LogP contribution in [0.15, 0.2) is 30.6 Å². The SMILES string of the molecule is CC(C)(O)Cn1cc(-c2ccc(O[C@@H]3CCN(C(=O)OC(C)(C)C)C[C@@H]3F)c(C(N)=O)c2)cn1. The summed E-state index contributed by atoms with van der Waals surface area (Å²) in [5.41, 5.74) is 5.51. The van der Waals surface area contributed by atoms with Crippen molar-refractivity contribution in [1.82, 2.24) is 14.7 Å². The number of amides is 2. The summed E-state index contributed by atoms with van der Waals surface area (Å²) in [7, 11) is 0. The first kappa shape index (κ1) is 25.5. The third kappa shape index (κ3) is 6.69. The molecule has 0 unspecified atom stereocenters. The Balaban J connectivity index is 1.72. The van der Waals surface area contributed by atoms with Crippen molar-refractivity contribution in [3.05, 3.63) is 36.2 Å². The molecule has 0 spiro atoms. The first-order valence-corrected chi connectivity index (χ1v) is 11.2. The fourth-order valence-corrected chi connectivity index (χ4v) is 3.67. The lowest BCUT2D eigenvalue weighted by Gasteiger charge is -2.35. The van der Waals surface area contributed by atoms with Crippen LogP contribution in [0.5, 0.6) is 5.75 Å². The Kier molecular flexibility index (Phi) is 7.21. The summed E-state index contributed by atoms with van der Waals surface area (Å²) >= 11 is 0. The number of alkyl halides is 1. The van der Waals surface area contributed by atoms with Crippen LogP contribution in [0.1, 0.15) is 51.4 Å². The number of benzene rings is 1. The van der Waals surface area contributed by atoms with Crippen molar-refractivity contribution in [2.24, 2.45) is 5.73 Å². The molecular weight excluding hydrogens is 443 g/mol. The maximum atomic E-state index is 14.9. The number of halogens is 1. The van der Waals surface area contributed by atoms with Gasteiger partial charge in [0.1, 0.15) is 17.5 Å². The summed E-state index contributed by atoms with van der Waals surface area (Å²) in [6.45, 7) is 9.03. The lowest BCUT2D eigenvalue weighted by Crippen LogP contribution is -2.50. The van der Waals surface area contributed by atoms with Gasteiger partial charge in [-0.2, -0.15) is 5.10 Å². The van der Waals surface area contributed by atoms with Gasteiger partial charge in [-0.15, -0.1) is 0 Å². The molecule has 1 aromatic heterocycles. The second kappa shape index (κ2) is 9.61. The fourth-order valence-electron chi connectivity index (χ4n) is 3.67. The molecule has 2 amide bonds. The Morgan fingerprint density at radius 2 is 1.94 bits per heavy atom. The molecular formula is C24H33FN4O5. The molecule has 34 heavy (non-hydrogen) atoms. The van der Waals surface area contributed by atoms with E-state index in [4.69, 9.17) is 15.2 Å². The topological polar surface area (TPSA) is 120 Å². The second-order valence-corrected chi connectivity index (χ2v) is 10.2. The van der Waals surface area contributed by atoms with Crippen molar-refractivity contribution in [1.29, 1.82) is 0 Å². The predicted molar refractivity (Wildman–Crippen MR) is 124 cm³/mol. The summed E-state index contributed by atoms with van der Waals surface area (Å²) in [5, 5.41) is 14.2. The van der Waals surface area contributed by atoms with Crippen LogP contribution in [0, 0.1) is 0 Å². The van der Waals surface area contributed by atoms with E-state index >= 15 is 0 Å². The van der Waals surface area contributed by atoms with Crippen LogP contribution < -0.4 is 10.5 Å². The number of hydrogen-bond donors (Lipinski definition) is 2. The summed E-state index contributed by atoms with van der Waals surface area (Å²) in [4.78, 5) is 25.7. The maximum absolute atomic E-state index is 14.9. The van der Waals surface area contributed by atoms with E-state index in [9.17, 15) is 19.1 Å². The van der Waals surface area contributed by atoms with Gasteiger partial charge in [-0.3, -0.25) is 9.48 Å². The molecule has 2 aromatic rings. The third-order valence-electron chi connectivity index (χ3n) is 5.17. The van der Waals surface area contributed by atoms with E-state index in [0.29, 0.717) is 12.1 Å². The van der Waals surface area contributed by atoms with Gasteiger partial charge in [0.2, 0.25) is 0 Å². The van der Waals surface area contributed by atoms with Crippen LogP contribution in [0.3, 0.4) is 0 Å². The summed E-state index contributed by atoms with van der Waals surface area (Å²) in [6.07, 6.45) is 0.753. The number of hydrogen-bond acceptors (Lipinski definition) is 6. The van der Waals surface area contributed by atoms with E-state index in [-0.39, 0.29) is 30.8 Å². The summed E-state index contributed by atoms with van der Waals surface area (Å²) in [5.74, 6) is -0.527. The molecule has 1 aromatic carbocycles. The van der Waals surface area contributed by atoms with Crippen LogP contribution in [0.25, 0.3) is 11.1 Å². The number of nitrogens with two attached hydrogens (primary N) is 1. The first-order valence-electron chi connectivity index (χ1n) is 11.2. The van der Waals surface area contributed by atoms with E-state index in [1.165, 1.54) is 4.90 Å². The molecule has 2 heterocycles. The van der Waals surface area contributed by atoms with Crippen LogP contribution in [0.2, 0.25) is 0 Å². The Morgan fingerprint density at radius 1 is 1.24 bits per heavy atom. The molecule has 3 rings (SSSR count). The number of carbonyl (C=O) groups is 2. The number of carbonyl (C=O) groups excluding carboxylic acids is 2. The molecule has 1 fully saturated rings. The van der Waals surface area contributed by atoms with Gasteiger partial charge in [0.15, 0.2) is 6.17 Å². The first-order chi connectivity index (χ1) is 15.7. The molecule has 1 saturated heterocycles. The molecule has 186 valence electrons. The van der Waals surface area contributed by atoms with Crippen LogP contribution in [0.4, 0.5) is 9.18 Å². The fraction of sp³-hybridized carbons (Fsp3) is 0.542. The molecule has 0 bridgehead atoms. The minimum absolute atomic E-state index is 0.120. The largest absolute Gasteiger partial charge is 0.486 e. The number of ether oxygens (including phenoxy) is 2. The quantitative estimate of drug-likeness (QED) is 0.661. The normalized spacial score (nSPS) is 19.1. The number of aromatic nitrogens is 2. The number of piperidine rings is 1. The van der Waals surface area contributed by atoms with E-state index in [2.05, 4.69) is 5.10 Å². The van der Waals surface area contributed by atoms with Crippen molar-refractivity contribution in [3.8, 4) is 16.9 Å². The molecule has 0 aliphatic carbocycles. The monoisotopic (exact) mass is 476 g/mol. The van der Waals surface area contributed by atoms with Gasteiger partial charge >= 0.3 is 6.09 Å². The number of rotatable bonds is 6. The van der Waals surface area contributed by atoms with Crippen molar-refractivity contribution in [2.45, 2.75) is 71.1 Å². The predicted octanol–water partition coefficient (Wildman–Crippen LogP) is 3.15. The molecule has 10 heteroatoms. The highest BCUT2D eigenvalue weighted by Crippen LogP contribution is 2.30. The standard InChI is InChI=1S/C24H33FN4O5/c1-23(2,3)34-22(31)28-9-8-20(18(25)13-28)33-19-7-6-15(10-17(19)21(26)30)16-11-27-29(12-16)14-24(4,5)32/h6-7,10-12,18,20,32H,8-9,13-14H2,1-5H3,(H2,26,30)/t18-,20+/m0/s1. The Bertz CT molecular complexity index is 1040. The number of likely N-dealkylation sites (tertiary alicyclic amines) is 1. The smallest absolute Gasteiger partial charge is 0.410 e. The zero-order chi connectivity index (χ0) is 25.3. The molecule has 1 aliphatic rings. The molecule has 9 nitrogen and oxygen atoms in total. The highest BCUT2D eigenvalue weighted by Gasteiger charge is 2.35. The summed E-state index contributed by atoms with van der Waals surface area (Å²) in [6, 6.07) is 4.89. The lowest BCUT2D eigenvalue weighted by atomic mass is 10.0. The van der Waals surface area contributed by atoms with Crippen molar-refractivity contribution < 1.29 is 28.6 Å². The van der Waals surface area contributed by atoms with E-state index in [1.807, 2.05) is 0 Å². The molecule has 0 saturated carbocycles. The number of nitrogens with zero attached hydrogens (tertiary/aromatic N) is 3. The Morgan fingerprint density at radius 3 is 2.53 bits per heavy atom. The van der Waals surface area contributed by atoms with Crippen molar-refractivity contribution >= 4 is 12.0 Å². The van der Waals surface area contributed by atoms with Crippen molar-refractivity contribution in [3.63, 3.8) is 0 Å². The Labute approximate surface area is 198 Å².